The number of carbonyl (C=O) groups is 2. The molecular formula is C25H30N8O5S2. The third-order valence-electron chi connectivity index (χ3n) is 6.50. The van der Waals surface area contributed by atoms with Crippen molar-refractivity contribution in [3.8, 4) is 16.5 Å². The van der Waals surface area contributed by atoms with E-state index in [9.17, 15) is 18.0 Å². The number of pyridine rings is 1. The molecule has 4 heterocycles. The van der Waals surface area contributed by atoms with E-state index in [1.54, 1.807) is 36.5 Å². The first-order valence-corrected chi connectivity index (χ1v) is 15.2. The van der Waals surface area contributed by atoms with Crippen LogP contribution >= 0.6 is 11.3 Å². The lowest BCUT2D eigenvalue weighted by molar-refractivity contribution is -0.134. The second-order valence-electron chi connectivity index (χ2n) is 9.60. The zero-order chi connectivity index (χ0) is 28.3. The Morgan fingerprint density at radius 1 is 1.23 bits per heavy atom. The SMILES string of the molecule is CCOc1cncc(-c2cnc(C(=O)N[C@@H](CN3CCN(C)C(=O)C3)c3cc(NS(=O)(=O)C4CC4)ccn3)s2)n1. The van der Waals surface area contributed by atoms with E-state index in [1.807, 2.05) is 11.8 Å². The zero-order valence-electron chi connectivity index (χ0n) is 22.1. The maximum absolute atomic E-state index is 13.4. The van der Waals surface area contributed by atoms with Gasteiger partial charge in [0.05, 0.1) is 53.1 Å². The monoisotopic (exact) mass is 586 g/mol. The molecule has 0 unspecified atom stereocenters. The number of amides is 2. The Labute approximate surface area is 236 Å². The molecule has 2 N–H and O–H groups in total. The first-order chi connectivity index (χ1) is 19.2. The van der Waals surface area contributed by atoms with Gasteiger partial charge in [0, 0.05) is 39.1 Å². The number of nitrogens with zero attached hydrogens (tertiary/aromatic N) is 6. The van der Waals surface area contributed by atoms with Gasteiger partial charge >= 0.3 is 0 Å². The zero-order valence-corrected chi connectivity index (χ0v) is 23.7. The highest BCUT2D eigenvalue weighted by molar-refractivity contribution is 7.93. The van der Waals surface area contributed by atoms with Crippen LogP contribution in [0.15, 0.2) is 36.9 Å². The maximum Gasteiger partial charge on any atom is 0.280 e. The Bertz CT molecular complexity index is 1490. The third kappa shape index (κ3) is 6.71. The van der Waals surface area contributed by atoms with Gasteiger partial charge < -0.3 is 15.0 Å². The highest BCUT2D eigenvalue weighted by atomic mass is 32.2. The molecule has 1 atom stereocenters. The van der Waals surface area contributed by atoms with Crippen LogP contribution in [0.4, 0.5) is 5.69 Å². The summed E-state index contributed by atoms with van der Waals surface area (Å²) in [6.07, 6.45) is 7.42. The van der Waals surface area contributed by atoms with E-state index in [0.717, 1.165) is 11.3 Å². The molecule has 1 aliphatic heterocycles. The summed E-state index contributed by atoms with van der Waals surface area (Å²) in [5.74, 6) is -0.0685. The van der Waals surface area contributed by atoms with Crippen molar-refractivity contribution in [3.05, 3.63) is 47.6 Å². The van der Waals surface area contributed by atoms with Crippen LogP contribution in [-0.4, -0.2) is 95.1 Å². The van der Waals surface area contributed by atoms with Gasteiger partial charge in [-0.25, -0.2) is 18.4 Å². The molecule has 0 aromatic carbocycles. The molecule has 13 nitrogen and oxygen atoms in total. The van der Waals surface area contributed by atoms with Crippen molar-refractivity contribution in [2.45, 2.75) is 31.1 Å². The molecule has 2 fully saturated rings. The molecular weight excluding hydrogens is 556 g/mol. The smallest absolute Gasteiger partial charge is 0.280 e. The Morgan fingerprint density at radius 3 is 2.80 bits per heavy atom. The number of anilines is 1. The maximum atomic E-state index is 13.4. The quantitative estimate of drug-likeness (QED) is 0.337. The van der Waals surface area contributed by atoms with Crippen LogP contribution in [0.2, 0.25) is 0 Å². The summed E-state index contributed by atoms with van der Waals surface area (Å²) >= 11 is 1.16. The van der Waals surface area contributed by atoms with Gasteiger partial charge in [0.25, 0.3) is 5.91 Å². The predicted octanol–water partition coefficient (Wildman–Crippen LogP) is 1.54. The van der Waals surface area contributed by atoms with Crippen LogP contribution in [0.3, 0.4) is 0 Å². The van der Waals surface area contributed by atoms with Crippen LogP contribution < -0.4 is 14.8 Å². The van der Waals surface area contributed by atoms with Gasteiger partial charge in [-0.05, 0) is 31.9 Å². The third-order valence-corrected chi connectivity index (χ3v) is 9.39. The molecule has 1 saturated carbocycles. The number of piperazine rings is 1. The molecule has 0 spiro atoms. The Kier molecular flexibility index (Phi) is 8.23. The molecule has 1 aliphatic carbocycles. The molecule has 0 radical (unpaired) electrons. The van der Waals surface area contributed by atoms with Crippen molar-refractivity contribution >= 4 is 38.9 Å². The van der Waals surface area contributed by atoms with E-state index in [1.165, 1.54) is 12.4 Å². The number of hydrogen-bond acceptors (Lipinski definition) is 11. The topological polar surface area (TPSA) is 160 Å². The van der Waals surface area contributed by atoms with Crippen molar-refractivity contribution in [1.82, 2.24) is 35.1 Å². The van der Waals surface area contributed by atoms with Gasteiger partial charge in [-0.3, -0.25) is 29.2 Å². The standard InChI is InChI=1S/C25H30N8O5S2/c1-3-38-22-13-26-11-19(29-22)21-12-28-25(39-21)24(35)30-20(14-33-9-8-32(2)23(34)15-33)18-10-16(6-7-27-18)31-40(36,37)17-4-5-17/h6-7,10-13,17,20H,3-5,8-9,14-15H2,1-2H3,(H,27,31)(H,30,35)/t20-/m0/s1. The van der Waals surface area contributed by atoms with Crippen LogP contribution in [0.5, 0.6) is 5.88 Å². The second kappa shape index (κ2) is 11.8. The minimum atomic E-state index is -3.47. The summed E-state index contributed by atoms with van der Waals surface area (Å²) in [6, 6.07) is 2.55. The molecule has 212 valence electrons. The largest absolute Gasteiger partial charge is 0.477 e. The highest BCUT2D eigenvalue weighted by Crippen LogP contribution is 2.30. The van der Waals surface area contributed by atoms with Crippen molar-refractivity contribution in [2.24, 2.45) is 0 Å². The fraction of sp³-hybridized carbons (Fsp3) is 0.440. The van der Waals surface area contributed by atoms with Crippen molar-refractivity contribution in [2.75, 3.05) is 44.6 Å². The number of likely N-dealkylation sites (N-methyl/N-ethyl adjacent to an activating group) is 1. The fourth-order valence-corrected chi connectivity index (χ4v) is 6.32. The minimum Gasteiger partial charge on any atom is -0.477 e. The summed E-state index contributed by atoms with van der Waals surface area (Å²) in [5.41, 5.74) is 1.37. The van der Waals surface area contributed by atoms with Gasteiger partial charge in [-0.1, -0.05) is 0 Å². The summed E-state index contributed by atoms with van der Waals surface area (Å²) in [4.78, 5) is 47.2. The molecule has 40 heavy (non-hydrogen) atoms. The Hall–Kier alpha value is -3.69. The van der Waals surface area contributed by atoms with Gasteiger partial charge in [0.2, 0.25) is 21.8 Å². The summed E-state index contributed by atoms with van der Waals surface area (Å²) < 4.78 is 33.0. The van der Waals surface area contributed by atoms with Gasteiger partial charge in [-0.2, -0.15) is 0 Å². The van der Waals surface area contributed by atoms with E-state index >= 15 is 0 Å². The van der Waals surface area contributed by atoms with Gasteiger partial charge in [-0.15, -0.1) is 11.3 Å². The summed E-state index contributed by atoms with van der Waals surface area (Å²) in [6.45, 7) is 3.99. The normalized spacial score (nSPS) is 16.9. The van der Waals surface area contributed by atoms with Crippen LogP contribution in [0.25, 0.3) is 10.6 Å². The Morgan fingerprint density at radius 2 is 2.05 bits per heavy atom. The average molecular weight is 587 g/mol. The van der Waals surface area contributed by atoms with Crippen LogP contribution in [-0.2, 0) is 14.8 Å². The number of thiazole rings is 1. The number of aromatic nitrogens is 4. The Balaban J connectivity index is 1.36. The number of ether oxygens (including phenoxy) is 1. The van der Waals surface area contributed by atoms with E-state index < -0.39 is 22.0 Å². The van der Waals surface area contributed by atoms with Crippen molar-refractivity contribution in [1.29, 1.82) is 0 Å². The number of rotatable bonds is 11. The van der Waals surface area contributed by atoms with Crippen LogP contribution in [0.1, 0.15) is 41.3 Å². The highest BCUT2D eigenvalue weighted by Gasteiger charge is 2.36. The predicted molar refractivity (Wildman–Crippen MR) is 148 cm³/mol. The van der Waals surface area contributed by atoms with E-state index in [-0.39, 0.29) is 22.7 Å². The summed E-state index contributed by atoms with van der Waals surface area (Å²) in [5, 5.41) is 2.82. The first kappa shape index (κ1) is 27.9. The molecule has 5 rings (SSSR count). The fourth-order valence-electron chi connectivity index (χ4n) is 4.16. The van der Waals surface area contributed by atoms with E-state index in [2.05, 4.69) is 30.0 Å². The van der Waals surface area contributed by atoms with E-state index in [4.69, 9.17) is 4.74 Å². The molecule has 0 bridgehead atoms. The molecule has 3 aromatic rings. The average Bonchev–Trinajstić information content (AvgIpc) is 3.68. The molecule has 2 aliphatic rings. The van der Waals surface area contributed by atoms with Gasteiger partial charge in [0.1, 0.15) is 5.69 Å². The second-order valence-corrected chi connectivity index (χ2v) is 12.6. The first-order valence-electron chi connectivity index (χ1n) is 12.9. The molecule has 2 amide bonds. The van der Waals surface area contributed by atoms with E-state index in [0.29, 0.717) is 66.9 Å². The lowest BCUT2D eigenvalue weighted by Crippen LogP contribution is -2.51. The molecule has 1 saturated heterocycles. The number of carbonyl (C=O) groups excluding carboxylic acids is 2. The van der Waals surface area contributed by atoms with Gasteiger partial charge in [0.15, 0.2) is 5.01 Å². The summed E-state index contributed by atoms with van der Waals surface area (Å²) in [7, 11) is -1.72. The minimum absolute atomic E-state index is 0.0183. The lowest BCUT2D eigenvalue weighted by atomic mass is 10.1. The molecule has 3 aromatic heterocycles. The van der Waals surface area contributed by atoms with Crippen LogP contribution in [0, 0.1) is 0 Å². The number of nitrogens with one attached hydrogen (secondary N) is 2. The van der Waals surface area contributed by atoms with Crippen molar-refractivity contribution in [3.63, 3.8) is 0 Å². The lowest BCUT2D eigenvalue weighted by Gasteiger charge is -2.34. The molecule has 15 heteroatoms. The number of sulfonamides is 1. The number of hydrogen-bond donors (Lipinski definition) is 2. The van der Waals surface area contributed by atoms with Crippen molar-refractivity contribution < 1.29 is 22.7 Å².